The first-order valence-corrected chi connectivity index (χ1v) is 6.35. The highest BCUT2D eigenvalue weighted by atomic mass is 19.2. The molecule has 1 aromatic carbocycles. The van der Waals surface area contributed by atoms with Crippen LogP contribution in [-0.4, -0.2) is 41.3 Å². The Kier molecular flexibility index (Phi) is 4.06. The van der Waals surface area contributed by atoms with Gasteiger partial charge in [0.2, 0.25) is 0 Å². The molecule has 1 aliphatic heterocycles. The third-order valence-corrected chi connectivity index (χ3v) is 3.59. The van der Waals surface area contributed by atoms with Gasteiger partial charge < -0.3 is 9.84 Å². The van der Waals surface area contributed by atoms with E-state index >= 15 is 0 Å². The van der Waals surface area contributed by atoms with E-state index in [0.29, 0.717) is 18.7 Å². The van der Waals surface area contributed by atoms with Crippen molar-refractivity contribution in [3.63, 3.8) is 0 Å². The van der Waals surface area contributed by atoms with Crippen LogP contribution in [0, 0.1) is 11.6 Å². The smallest absolute Gasteiger partial charge is 0.329 e. The van der Waals surface area contributed by atoms with Crippen LogP contribution in [0.4, 0.5) is 8.78 Å². The maximum atomic E-state index is 13.2. The Morgan fingerprint density at radius 2 is 2.10 bits per heavy atom. The molecule has 0 aliphatic carbocycles. The minimum Gasteiger partial charge on any atom is -0.480 e. The van der Waals surface area contributed by atoms with Crippen molar-refractivity contribution in [3.8, 4) is 0 Å². The van der Waals surface area contributed by atoms with Crippen LogP contribution in [0.2, 0.25) is 0 Å². The highest BCUT2D eigenvalue weighted by Gasteiger charge is 2.42. The van der Waals surface area contributed by atoms with Gasteiger partial charge in [-0.05, 0) is 31.5 Å². The third kappa shape index (κ3) is 3.13. The molecular formula is C14H17F2NO3. The Morgan fingerprint density at radius 3 is 2.65 bits per heavy atom. The molecule has 1 fully saturated rings. The molecule has 0 aromatic heterocycles. The number of rotatable bonds is 5. The first kappa shape index (κ1) is 14.9. The Labute approximate surface area is 116 Å². The summed E-state index contributed by atoms with van der Waals surface area (Å²) >= 11 is 0. The fourth-order valence-electron chi connectivity index (χ4n) is 2.40. The van der Waals surface area contributed by atoms with Crippen LogP contribution in [-0.2, 0) is 9.53 Å². The van der Waals surface area contributed by atoms with E-state index in [1.165, 1.54) is 6.07 Å². The summed E-state index contributed by atoms with van der Waals surface area (Å²) in [6.45, 7) is 4.51. The molecular weight excluding hydrogens is 268 g/mol. The molecule has 1 N–H and O–H groups in total. The van der Waals surface area contributed by atoms with E-state index in [0.717, 1.165) is 6.07 Å². The van der Waals surface area contributed by atoms with Crippen molar-refractivity contribution in [2.45, 2.75) is 25.5 Å². The molecule has 20 heavy (non-hydrogen) atoms. The van der Waals surface area contributed by atoms with E-state index in [4.69, 9.17) is 9.84 Å². The molecule has 110 valence electrons. The van der Waals surface area contributed by atoms with E-state index in [2.05, 4.69) is 0 Å². The monoisotopic (exact) mass is 285 g/mol. The van der Waals surface area contributed by atoms with Crippen LogP contribution in [0.5, 0.6) is 0 Å². The highest BCUT2D eigenvalue weighted by Crippen LogP contribution is 2.33. The van der Waals surface area contributed by atoms with Crippen molar-refractivity contribution >= 4 is 5.97 Å². The molecule has 1 aliphatic rings. The molecule has 1 aromatic rings. The van der Waals surface area contributed by atoms with Crippen molar-refractivity contribution in [3.05, 3.63) is 35.4 Å². The lowest BCUT2D eigenvalue weighted by atomic mass is 9.92. The van der Waals surface area contributed by atoms with Gasteiger partial charge in [-0.2, -0.15) is 0 Å². The number of halogens is 2. The topological polar surface area (TPSA) is 49.8 Å². The molecule has 0 radical (unpaired) electrons. The number of nitrogens with zero attached hydrogens (tertiary/aromatic N) is 1. The van der Waals surface area contributed by atoms with Crippen molar-refractivity contribution in [1.82, 2.24) is 4.90 Å². The van der Waals surface area contributed by atoms with E-state index in [9.17, 15) is 13.6 Å². The van der Waals surface area contributed by atoms with Gasteiger partial charge in [-0.25, -0.2) is 13.6 Å². The largest absolute Gasteiger partial charge is 0.480 e. The zero-order valence-corrected chi connectivity index (χ0v) is 11.4. The van der Waals surface area contributed by atoms with Crippen LogP contribution in [0.25, 0.3) is 0 Å². The number of likely N-dealkylation sites (tertiary alicyclic amines) is 1. The Hall–Kier alpha value is -1.53. The lowest BCUT2D eigenvalue weighted by molar-refractivity contribution is -0.169. The van der Waals surface area contributed by atoms with Gasteiger partial charge in [0.05, 0.1) is 5.60 Å². The minimum absolute atomic E-state index is 0.0772. The second-order valence-corrected chi connectivity index (χ2v) is 5.39. The van der Waals surface area contributed by atoms with Crippen LogP contribution >= 0.6 is 0 Å². The van der Waals surface area contributed by atoms with E-state index < -0.39 is 23.2 Å². The molecule has 0 saturated carbocycles. The zero-order chi connectivity index (χ0) is 14.9. The summed E-state index contributed by atoms with van der Waals surface area (Å²) in [5.41, 5.74) is 0.190. The predicted molar refractivity (Wildman–Crippen MR) is 68.3 cm³/mol. The SMILES string of the molecule is CC(c1ccc(F)c(F)c1)N1CC(C)(OCC(=O)O)C1. The summed E-state index contributed by atoms with van der Waals surface area (Å²) in [5, 5.41) is 8.59. The third-order valence-electron chi connectivity index (χ3n) is 3.59. The fourth-order valence-corrected chi connectivity index (χ4v) is 2.40. The Morgan fingerprint density at radius 1 is 1.45 bits per heavy atom. The second kappa shape index (κ2) is 5.46. The van der Waals surface area contributed by atoms with Crippen molar-refractivity contribution in [2.75, 3.05) is 19.7 Å². The number of carboxylic acids is 1. The number of aliphatic carboxylic acids is 1. The van der Waals surface area contributed by atoms with Gasteiger partial charge in [0.15, 0.2) is 11.6 Å². The number of carboxylic acid groups (broad SMARTS) is 1. The van der Waals surface area contributed by atoms with E-state index in [1.807, 2.05) is 18.7 Å². The van der Waals surface area contributed by atoms with Gasteiger partial charge in [-0.1, -0.05) is 6.07 Å². The molecule has 0 amide bonds. The number of ether oxygens (including phenoxy) is 1. The summed E-state index contributed by atoms with van der Waals surface area (Å²) in [4.78, 5) is 12.5. The molecule has 1 saturated heterocycles. The van der Waals surface area contributed by atoms with Gasteiger partial charge in [0.1, 0.15) is 6.61 Å². The number of carbonyl (C=O) groups is 1. The quantitative estimate of drug-likeness (QED) is 0.901. The van der Waals surface area contributed by atoms with Gasteiger partial charge in [-0.15, -0.1) is 0 Å². The molecule has 1 heterocycles. The lowest BCUT2D eigenvalue weighted by Crippen LogP contribution is -2.62. The van der Waals surface area contributed by atoms with Gasteiger partial charge in [0.25, 0.3) is 0 Å². The highest BCUT2D eigenvalue weighted by molar-refractivity contribution is 5.68. The van der Waals surface area contributed by atoms with Crippen molar-refractivity contribution in [2.24, 2.45) is 0 Å². The fraction of sp³-hybridized carbons (Fsp3) is 0.500. The summed E-state index contributed by atoms with van der Waals surface area (Å²) in [7, 11) is 0. The normalized spacial score (nSPS) is 19.4. The minimum atomic E-state index is -1.00. The maximum Gasteiger partial charge on any atom is 0.329 e. The van der Waals surface area contributed by atoms with Gasteiger partial charge in [-0.3, -0.25) is 4.90 Å². The van der Waals surface area contributed by atoms with Crippen LogP contribution in [0.1, 0.15) is 25.5 Å². The summed E-state index contributed by atoms with van der Waals surface area (Å²) < 4.78 is 31.4. The molecule has 2 rings (SSSR count). The number of benzene rings is 1. The molecule has 0 spiro atoms. The number of hydrogen-bond donors (Lipinski definition) is 1. The predicted octanol–water partition coefficient (Wildman–Crippen LogP) is 2.20. The second-order valence-electron chi connectivity index (χ2n) is 5.39. The molecule has 1 unspecified atom stereocenters. The van der Waals surface area contributed by atoms with Crippen LogP contribution in [0.15, 0.2) is 18.2 Å². The molecule has 1 atom stereocenters. The number of hydrogen-bond acceptors (Lipinski definition) is 3. The molecule has 6 heteroatoms. The van der Waals surface area contributed by atoms with E-state index in [1.54, 1.807) is 6.07 Å². The van der Waals surface area contributed by atoms with Crippen molar-refractivity contribution in [1.29, 1.82) is 0 Å². The standard InChI is InChI=1S/C14H17F2NO3/c1-9(10-3-4-11(15)12(16)5-10)17-7-14(2,8-17)20-6-13(18)19/h3-5,9H,6-8H2,1-2H3,(H,18,19). The van der Waals surface area contributed by atoms with Crippen LogP contribution in [0.3, 0.4) is 0 Å². The average Bonchev–Trinajstić information content (AvgIpc) is 2.35. The van der Waals surface area contributed by atoms with E-state index in [-0.39, 0.29) is 12.6 Å². The first-order chi connectivity index (χ1) is 9.31. The van der Waals surface area contributed by atoms with Crippen LogP contribution < -0.4 is 0 Å². The Bertz CT molecular complexity index is 515. The summed E-state index contributed by atoms with van der Waals surface area (Å²) in [5.74, 6) is -2.72. The average molecular weight is 285 g/mol. The Balaban J connectivity index is 1.94. The lowest BCUT2D eigenvalue weighted by Gasteiger charge is -2.50. The summed E-state index contributed by atoms with van der Waals surface area (Å²) in [6.07, 6.45) is 0. The van der Waals surface area contributed by atoms with Gasteiger partial charge >= 0.3 is 5.97 Å². The zero-order valence-electron chi connectivity index (χ0n) is 11.4. The maximum absolute atomic E-state index is 13.2. The van der Waals surface area contributed by atoms with Crippen molar-refractivity contribution < 1.29 is 23.4 Å². The molecule has 4 nitrogen and oxygen atoms in total. The summed E-state index contributed by atoms with van der Waals surface area (Å²) in [6, 6.07) is 3.78. The van der Waals surface area contributed by atoms with Gasteiger partial charge in [0, 0.05) is 19.1 Å². The first-order valence-electron chi connectivity index (χ1n) is 6.35. The molecule has 0 bridgehead atoms.